The van der Waals surface area contributed by atoms with Crippen LogP contribution in [0.4, 0.5) is 10.5 Å². The normalized spacial score (nSPS) is 10.8. The molecule has 0 aliphatic carbocycles. The van der Waals surface area contributed by atoms with Crippen LogP contribution >= 0.6 is 11.8 Å². The molecule has 0 atom stereocenters. The summed E-state index contributed by atoms with van der Waals surface area (Å²) in [6.07, 6.45) is 0. The van der Waals surface area contributed by atoms with Gasteiger partial charge in [-0.05, 0) is 42.0 Å². The van der Waals surface area contributed by atoms with E-state index < -0.39 is 0 Å². The summed E-state index contributed by atoms with van der Waals surface area (Å²) in [6.45, 7) is 6.87. The molecule has 0 unspecified atom stereocenters. The van der Waals surface area contributed by atoms with Crippen LogP contribution in [0.15, 0.2) is 53.4 Å². The molecule has 0 aliphatic heterocycles. The second-order valence-corrected chi connectivity index (χ2v) is 8.26. The molecule has 5 heteroatoms. The van der Waals surface area contributed by atoms with E-state index in [1.54, 1.807) is 30.0 Å². The number of benzene rings is 2. The Balaban J connectivity index is 1.87. The summed E-state index contributed by atoms with van der Waals surface area (Å²) in [5.74, 6) is 0. The fourth-order valence-corrected chi connectivity index (χ4v) is 3.05. The van der Waals surface area contributed by atoms with Gasteiger partial charge in [0.25, 0.3) is 0 Å². The maximum absolute atomic E-state index is 12.0. The lowest BCUT2D eigenvalue weighted by molar-refractivity contribution is 0.251. The molecule has 0 saturated carbocycles. The van der Waals surface area contributed by atoms with Crippen LogP contribution in [0.1, 0.15) is 31.9 Å². The van der Waals surface area contributed by atoms with E-state index >= 15 is 0 Å². The van der Waals surface area contributed by atoms with Crippen LogP contribution in [0.2, 0.25) is 0 Å². The number of rotatable bonds is 4. The molecule has 24 heavy (non-hydrogen) atoms. The van der Waals surface area contributed by atoms with Gasteiger partial charge >= 0.3 is 6.03 Å². The average molecular weight is 339 g/mol. The highest BCUT2D eigenvalue weighted by Crippen LogP contribution is 2.32. The molecule has 0 heterocycles. The van der Waals surface area contributed by atoms with Gasteiger partial charge in [-0.3, -0.25) is 0 Å². The molecule has 0 saturated heterocycles. The minimum Gasteiger partial charge on any atom is -0.334 e. The second kappa shape index (κ2) is 7.89. The van der Waals surface area contributed by atoms with Crippen LogP contribution in [0.5, 0.6) is 0 Å². The molecule has 2 amide bonds. The lowest BCUT2D eigenvalue weighted by atomic mass is 10.1. The van der Waals surface area contributed by atoms with Crippen molar-refractivity contribution < 1.29 is 4.79 Å². The number of thioether (sulfide) groups is 1. The SMILES string of the molecule is CC(C)(C)Sc1ccc(NC(=O)NCc2cccc(C#N)c2)cc1. The van der Waals surface area contributed by atoms with Gasteiger partial charge in [-0.2, -0.15) is 5.26 Å². The first-order valence-corrected chi connectivity index (χ1v) is 8.50. The molecular formula is C19H21N3OS. The summed E-state index contributed by atoms with van der Waals surface area (Å²) < 4.78 is 0.157. The number of carbonyl (C=O) groups is 1. The van der Waals surface area contributed by atoms with E-state index in [-0.39, 0.29) is 10.8 Å². The summed E-state index contributed by atoms with van der Waals surface area (Å²) in [5, 5.41) is 14.5. The van der Waals surface area contributed by atoms with Crippen molar-refractivity contribution >= 4 is 23.5 Å². The molecular weight excluding hydrogens is 318 g/mol. The Labute approximate surface area is 147 Å². The van der Waals surface area contributed by atoms with Crippen LogP contribution in [-0.2, 0) is 6.54 Å². The minimum absolute atomic E-state index is 0.157. The molecule has 0 aromatic heterocycles. The number of anilines is 1. The molecule has 2 aromatic rings. The zero-order chi connectivity index (χ0) is 17.6. The number of urea groups is 1. The van der Waals surface area contributed by atoms with Crippen molar-refractivity contribution in [1.29, 1.82) is 5.26 Å². The van der Waals surface area contributed by atoms with Crippen molar-refractivity contribution in [3.05, 3.63) is 59.7 Å². The average Bonchev–Trinajstić information content (AvgIpc) is 2.54. The van der Waals surface area contributed by atoms with Gasteiger partial charge in [-0.1, -0.05) is 32.9 Å². The zero-order valence-corrected chi connectivity index (χ0v) is 14.9. The smallest absolute Gasteiger partial charge is 0.319 e. The third-order valence-electron chi connectivity index (χ3n) is 3.05. The number of carbonyl (C=O) groups excluding carboxylic acids is 1. The van der Waals surface area contributed by atoms with Gasteiger partial charge < -0.3 is 10.6 Å². The van der Waals surface area contributed by atoms with E-state index in [4.69, 9.17) is 5.26 Å². The Bertz CT molecular complexity index is 742. The van der Waals surface area contributed by atoms with E-state index in [0.717, 1.165) is 11.3 Å². The van der Waals surface area contributed by atoms with E-state index in [1.165, 1.54) is 4.90 Å². The lowest BCUT2D eigenvalue weighted by Crippen LogP contribution is -2.28. The summed E-state index contributed by atoms with van der Waals surface area (Å²) in [7, 11) is 0. The predicted octanol–water partition coefficient (Wildman–Crippen LogP) is 4.77. The van der Waals surface area contributed by atoms with Gasteiger partial charge in [0.05, 0.1) is 11.6 Å². The molecule has 2 N–H and O–H groups in total. The van der Waals surface area contributed by atoms with Gasteiger partial charge in [-0.15, -0.1) is 11.8 Å². The summed E-state index contributed by atoms with van der Waals surface area (Å²) in [5.41, 5.74) is 2.22. The molecule has 124 valence electrons. The van der Waals surface area contributed by atoms with Crippen LogP contribution in [-0.4, -0.2) is 10.8 Å². The van der Waals surface area contributed by atoms with Crippen molar-refractivity contribution in [1.82, 2.24) is 5.32 Å². The molecule has 0 radical (unpaired) electrons. The van der Waals surface area contributed by atoms with Crippen molar-refractivity contribution in [2.75, 3.05) is 5.32 Å². The van der Waals surface area contributed by atoms with Crippen molar-refractivity contribution in [3.8, 4) is 6.07 Å². The van der Waals surface area contributed by atoms with Crippen LogP contribution in [0.25, 0.3) is 0 Å². The van der Waals surface area contributed by atoms with E-state index in [2.05, 4.69) is 37.5 Å². The van der Waals surface area contributed by atoms with E-state index in [9.17, 15) is 4.79 Å². The van der Waals surface area contributed by atoms with Crippen LogP contribution < -0.4 is 10.6 Å². The van der Waals surface area contributed by atoms with Gasteiger partial charge in [0.2, 0.25) is 0 Å². The predicted molar refractivity (Wildman–Crippen MR) is 99.1 cm³/mol. The fraction of sp³-hybridized carbons (Fsp3) is 0.263. The fourth-order valence-electron chi connectivity index (χ4n) is 2.07. The van der Waals surface area contributed by atoms with Gasteiger partial charge in [0, 0.05) is 21.9 Å². The standard InChI is InChI=1S/C19H21N3OS/c1-19(2,3)24-17-9-7-16(8-10-17)22-18(23)21-13-15-6-4-5-14(11-15)12-20/h4-11H,13H2,1-3H3,(H2,21,22,23). The maximum atomic E-state index is 12.0. The topological polar surface area (TPSA) is 64.9 Å². The van der Waals surface area contributed by atoms with E-state index in [0.29, 0.717) is 12.1 Å². The first-order valence-electron chi connectivity index (χ1n) is 7.69. The van der Waals surface area contributed by atoms with Gasteiger partial charge in [-0.25, -0.2) is 4.79 Å². The van der Waals surface area contributed by atoms with Crippen molar-refractivity contribution in [2.45, 2.75) is 37.0 Å². The Morgan fingerprint density at radius 3 is 2.50 bits per heavy atom. The number of nitrogens with zero attached hydrogens (tertiary/aromatic N) is 1. The number of nitrogens with one attached hydrogen (secondary N) is 2. The van der Waals surface area contributed by atoms with E-state index in [1.807, 2.05) is 30.3 Å². The Hall–Kier alpha value is -2.45. The van der Waals surface area contributed by atoms with Crippen molar-refractivity contribution in [2.24, 2.45) is 0 Å². The highest BCUT2D eigenvalue weighted by molar-refractivity contribution is 8.00. The van der Waals surface area contributed by atoms with Crippen LogP contribution in [0.3, 0.4) is 0 Å². The monoisotopic (exact) mass is 339 g/mol. The molecule has 4 nitrogen and oxygen atoms in total. The second-order valence-electron chi connectivity index (χ2n) is 6.36. The Morgan fingerprint density at radius 2 is 1.88 bits per heavy atom. The summed E-state index contributed by atoms with van der Waals surface area (Å²) >= 11 is 1.78. The minimum atomic E-state index is -0.270. The largest absolute Gasteiger partial charge is 0.334 e. The lowest BCUT2D eigenvalue weighted by Gasteiger charge is -2.17. The highest BCUT2D eigenvalue weighted by atomic mass is 32.2. The number of hydrogen-bond donors (Lipinski definition) is 2. The molecule has 0 aliphatic rings. The highest BCUT2D eigenvalue weighted by Gasteiger charge is 2.11. The number of amides is 2. The first-order chi connectivity index (χ1) is 11.4. The van der Waals surface area contributed by atoms with Crippen molar-refractivity contribution in [3.63, 3.8) is 0 Å². The third-order valence-corrected chi connectivity index (χ3v) is 4.17. The number of hydrogen-bond acceptors (Lipinski definition) is 3. The Kier molecular flexibility index (Phi) is 5.88. The maximum Gasteiger partial charge on any atom is 0.319 e. The molecule has 0 spiro atoms. The molecule has 0 bridgehead atoms. The van der Waals surface area contributed by atoms with Gasteiger partial charge in [0.1, 0.15) is 0 Å². The van der Waals surface area contributed by atoms with Gasteiger partial charge in [0.15, 0.2) is 0 Å². The summed E-state index contributed by atoms with van der Waals surface area (Å²) in [6, 6.07) is 16.8. The zero-order valence-electron chi connectivity index (χ0n) is 14.1. The summed E-state index contributed by atoms with van der Waals surface area (Å²) in [4.78, 5) is 13.1. The Morgan fingerprint density at radius 1 is 1.17 bits per heavy atom. The molecule has 2 rings (SSSR count). The molecule has 2 aromatic carbocycles. The quantitative estimate of drug-likeness (QED) is 0.789. The van der Waals surface area contributed by atoms with Crippen LogP contribution in [0, 0.1) is 11.3 Å². The third kappa shape index (κ3) is 5.98. The molecule has 0 fully saturated rings. The first kappa shape index (κ1) is 17.9. The number of nitriles is 1.